The second kappa shape index (κ2) is 6.86. The maximum absolute atomic E-state index is 12.4. The van der Waals surface area contributed by atoms with Crippen LogP contribution in [0.3, 0.4) is 0 Å². The van der Waals surface area contributed by atoms with E-state index in [0.29, 0.717) is 5.69 Å². The molecule has 6 heteroatoms. The molecule has 4 rings (SSSR count). The van der Waals surface area contributed by atoms with Crippen molar-refractivity contribution in [3.8, 4) is 0 Å². The number of nitrogens with zero attached hydrogens (tertiary/aromatic N) is 2. The first-order valence-corrected chi connectivity index (χ1v) is 9.13. The van der Waals surface area contributed by atoms with Crippen LogP contribution >= 0.6 is 0 Å². The molecule has 1 aromatic carbocycles. The van der Waals surface area contributed by atoms with Crippen LogP contribution in [-0.2, 0) is 14.4 Å². The summed E-state index contributed by atoms with van der Waals surface area (Å²) in [7, 11) is 0. The fraction of sp³-hybridized carbons (Fsp3) is 0.400. The van der Waals surface area contributed by atoms with Gasteiger partial charge in [0.05, 0.1) is 29.2 Å². The Morgan fingerprint density at radius 3 is 2.54 bits per heavy atom. The van der Waals surface area contributed by atoms with Crippen molar-refractivity contribution in [1.29, 1.82) is 0 Å². The number of fused-ring (bicyclic) bond motifs is 2. The predicted octanol–water partition coefficient (Wildman–Crippen LogP) is 2.74. The summed E-state index contributed by atoms with van der Waals surface area (Å²) in [6.45, 7) is 0.150. The summed E-state index contributed by atoms with van der Waals surface area (Å²) in [5.41, 5.74) is 1.47. The number of pyridine rings is 1. The van der Waals surface area contributed by atoms with E-state index in [1.807, 2.05) is 30.3 Å². The van der Waals surface area contributed by atoms with Gasteiger partial charge in [0.15, 0.2) is 0 Å². The lowest BCUT2D eigenvalue weighted by molar-refractivity contribution is -0.140. The quantitative estimate of drug-likeness (QED) is 0.859. The number of nitrogens with one attached hydrogen (secondary N) is 1. The second-order valence-electron chi connectivity index (χ2n) is 7.04. The fourth-order valence-corrected chi connectivity index (χ4v) is 4.03. The van der Waals surface area contributed by atoms with E-state index < -0.39 is 0 Å². The van der Waals surface area contributed by atoms with Crippen molar-refractivity contribution in [3.63, 3.8) is 0 Å². The van der Waals surface area contributed by atoms with Gasteiger partial charge in [0.25, 0.3) is 0 Å². The van der Waals surface area contributed by atoms with Crippen LogP contribution in [0, 0.1) is 11.8 Å². The average molecular weight is 351 g/mol. The first kappa shape index (κ1) is 16.7. The predicted molar refractivity (Wildman–Crippen MR) is 97.2 cm³/mol. The van der Waals surface area contributed by atoms with Crippen molar-refractivity contribution < 1.29 is 14.4 Å². The van der Waals surface area contributed by atoms with Gasteiger partial charge in [-0.2, -0.15) is 0 Å². The number of hydrogen-bond donors (Lipinski definition) is 1. The molecule has 134 valence electrons. The normalized spacial score (nSPS) is 22.5. The standard InChI is InChI=1S/C20H21N3O3/c24-18(22-14-11-13-5-1-4-8-17(13)21-12-14)9-10-23-19(25)15-6-2-3-7-16(15)20(23)26/h1,4-5,8,11-12,15-16H,2-3,6-7,9-10H2,(H,22,24). The zero-order valence-corrected chi connectivity index (χ0v) is 14.5. The number of anilines is 1. The van der Waals surface area contributed by atoms with Crippen molar-refractivity contribution in [2.75, 3.05) is 11.9 Å². The molecule has 1 aliphatic heterocycles. The number of carbonyl (C=O) groups excluding carboxylic acids is 3. The van der Waals surface area contributed by atoms with E-state index in [1.165, 1.54) is 4.90 Å². The highest BCUT2D eigenvalue weighted by Gasteiger charge is 2.47. The summed E-state index contributed by atoms with van der Waals surface area (Å²) < 4.78 is 0. The molecule has 1 aliphatic carbocycles. The molecular weight excluding hydrogens is 330 g/mol. The molecule has 0 bridgehead atoms. The molecule has 26 heavy (non-hydrogen) atoms. The molecule has 6 nitrogen and oxygen atoms in total. The first-order chi connectivity index (χ1) is 12.6. The third-order valence-corrected chi connectivity index (χ3v) is 5.37. The Hall–Kier alpha value is -2.76. The number of amides is 3. The van der Waals surface area contributed by atoms with Crippen LogP contribution in [0.2, 0.25) is 0 Å². The minimum atomic E-state index is -0.224. The largest absolute Gasteiger partial charge is 0.325 e. The van der Waals surface area contributed by atoms with Crippen LogP contribution in [-0.4, -0.2) is 34.2 Å². The molecule has 2 atom stereocenters. The summed E-state index contributed by atoms with van der Waals surface area (Å²) >= 11 is 0. The molecule has 2 heterocycles. The third kappa shape index (κ3) is 3.07. The summed E-state index contributed by atoms with van der Waals surface area (Å²) in [4.78, 5) is 42.7. The molecule has 2 aliphatic rings. The van der Waals surface area contributed by atoms with Gasteiger partial charge in [-0.15, -0.1) is 0 Å². The number of carbonyl (C=O) groups is 3. The maximum Gasteiger partial charge on any atom is 0.233 e. The van der Waals surface area contributed by atoms with Gasteiger partial charge in [0.1, 0.15) is 0 Å². The second-order valence-corrected chi connectivity index (χ2v) is 7.04. The van der Waals surface area contributed by atoms with Gasteiger partial charge < -0.3 is 5.32 Å². The molecular formula is C20H21N3O3. The number of rotatable bonds is 4. The number of hydrogen-bond acceptors (Lipinski definition) is 4. The van der Waals surface area contributed by atoms with Crippen LogP contribution in [0.15, 0.2) is 36.5 Å². The monoisotopic (exact) mass is 351 g/mol. The van der Waals surface area contributed by atoms with Crippen molar-refractivity contribution in [2.24, 2.45) is 11.8 Å². The SMILES string of the molecule is O=C(CCN1C(=O)C2CCCCC2C1=O)Nc1cnc2ccccc2c1. The third-order valence-electron chi connectivity index (χ3n) is 5.37. The number of likely N-dealkylation sites (tertiary alicyclic amines) is 1. The van der Waals surface area contributed by atoms with E-state index in [2.05, 4.69) is 10.3 Å². The Kier molecular flexibility index (Phi) is 4.41. The Morgan fingerprint density at radius 2 is 1.81 bits per heavy atom. The summed E-state index contributed by atoms with van der Waals surface area (Å²) in [6, 6.07) is 9.53. The van der Waals surface area contributed by atoms with Gasteiger partial charge >= 0.3 is 0 Å². The zero-order chi connectivity index (χ0) is 18.1. The van der Waals surface area contributed by atoms with Crippen LogP contribution in [0.25, 0.3) is 10.9 Å². The number of benzene rings is 1. The van der Waals surface area contributed by atoms with E-state index in [0.717, 1.165) is 36.6 Å². The maximum atomic E-state index is 12.4. The minimum absolute atomic E-state index is 0.0973. The summed E-state index contributed by atoms with van der Waals surface area (Å²) in [5.74, 6) is -0.745. The molecule has 1 aromatic heterocycles. The van der Waals surface area contributed by atoms with Crippen molar-refractivity contribution in [2.45, 2.75) is 32.1 Å². The van der Waals surface area contributed by atoms with E-state index in [9.17, 15) is 14.4 Å². The molecule has 0 radical (unpaired) electrons. The Bertz CT molecular complexity index is 855. The molecule has 3 amide bonds. The van der Waals surface area contributed by atoms with E-state index in [-0.39, 0.29) is 42.5 Å². The minimum Gasteiger partial charge on any atom is -0.325 e. The highest BCUT2D eigenvalue weighted by Crippen LogP contribution is 2.37. The molecule has 1 saturated carbocycles. The summed E-state index contributed by atoms with van der Waals surface area (Å²) in [6.07, 6.45) is 5.30. The highest BCUT2D eigenvalue weighted by atomic mass is 16.2. The Morgan fingerprint density at radius 1 is 1.12 bits per heavy atom. The summed E-state index contributed by atoms with van der Waals surface area (Å²) in [5, 5.41) is 3.74. The lowest BCUT2D eigenvalue weighted by Crippen LogP contribution is -2.34. The molecule has 1 saturated heterocycles. The Labute approximate surface area is 151 Å². The van der Waals surface area contributed by atoms with Gasteiger partial charge in [0, 0.05) is 18.4 Å². The van der Waals surface area contributed by atoms with Gasteiger partial charge in [0.2, 0.25) is 17.7 Å². The topological polar surface area (TPSA) is 79.4 Å². The molecule has 1 N–H and O–H groups in total. The Balaban J connectivity index is 1.37. The van der Waals surface area contributed by atoms with Gasteiger partial charge in [-0.05, 0) is 25.0 Å². The van der Waals surface area contributed by atoms with Crippen LogP contribution < -0.4 is 5.32 Å². The zero-order valence-electron chi connectivity index (χ0n) is 14.5. The smallest absolute Gasteiger partial charge is 0.233 e. The van der Waals surface area contributed by atoms with Crippen molar-refractivity contribution >= 4 is 34.3 Å². The van der Waals surface area contributed by atoms with Crippen LogP contribution in [0.1, 0.15) is 32.1 Å². The van der Waals surface area contributed by atoms with Crippen LogP contribution in [0.4, 0.5) is 5.69 Å². The van der Waals surface area contributed by atoms with Gasteiger partial charge in [-0.1, -0.05) is 31.0 Å². The van der Waals surface area contributed by atoms with Crippen LogP contribution in [0.5, 0.6) is 0 Å². The number of aromatic nitrogens is 1. The molecule has 0 spiro atoms. The number of imide groups is 1. The van der Waals surface area contributed by atoms with Gasteiger partial charge in [-0.25, -0.2) is 0 Å². The van der Waals surface area contributed by atoms with Gasteiger partial charge in [-0.3, -0.25) is 24.3 Å². The van der Waals surface area contributed by atoms with Crippen molar-refractivity contribution in [1.82, 2.24) is 9.88 Å². The average Bonchev–Trinajstić information content (AvgIpc) is 2.91. The van der Waals surface area contributed by atoms with E-state index in [1.54, 1.807) is 6.20 Å². The molecule has 2 unspecified atom stereocenters. The van der Waals surface area contributed by atoms with Crippen molar-refractivity contribution in [3.05, 3.63) is 36.5 Å². The molecule has 2 fully saturated rings. The molecule has 2 aromatic rings. The van der Waals surface area contributed by atoms with E-state index >= 15 is 0 Å². The number of para-hydroxylation sites is 1. The first-order valence-electron chi connectivity index (χ1n) is 9.13. The highest BCUT2D eigenvalue weighted by molar-refractivity contribution is 6.05. The fourth-order valence-electron chi connectivity index (χ4n) is 4.03. The lowest BCUT2D eigenvalue weighted by Gasteiger charge is -2.19. The van der Waals surface area contributed by atoms with E-state index in [4.69, 9.17) is 0 Å². The lowest BCUT2D eigenvalue weighted by atomic mass is 9.81.